The van der Waals surface area contributed by atoms with Gasteiger partial charge in [0.1, 0.15) is 0 Å². The lowest BCUT2D eigenvalue weighted by atomic mass is 10.2. The summed E-state index contributed by atoms with van der Waals surface area (Å²) in [7, 11) is 0. The van der Waals surface area contributed by atoms with Gasteiger partial charge >= 0.3 is 5.97 Å². The Balaban J connectivity index is 1.80. The van der Waals surface area contributed by atoms with E-state index >= 15 is 0 Å². The van der Waals surface area contributed by atoms with E-state index in [1.165, 1.54) is 11.8 Å². The minimum Gasteiger partial charge on any atom is -0.462 e. The number of benzene rings is 2. The maximum Gasteiger partial charge on any atom is 0.338 e. The van der Waals surface area contributed by atoms with E-state index in [0.717, 1.165) is 21.9 Å². The number of imidazole rings is 1. The van der Waals surface area contributed by atoms with Crippen molar-refractivity contribution in [3.05, 3.63) is 53.6 Å². The van der Waals surface area contributed by atoms with Crippen molar-refractivity contribution in [3.8, 4) is 0 Å². The molecule has 1 N–H and O–H groups in total. The SMILES string of the molecule is CCOC(=O)c1ccc2c(c1)nc(S[C@H](C)C(=O)Nc1cccc(C)c1)n2CC. The van der Waals surface area contributed by atoms with Gasteiger partial charge in [0.2, 0.25) is 5.91 Å². The summed E-state index contributed by atoms with van der Waals surface area (Å²) in [6.07, 6.45) is 0. The lowest BCUT2D eigenvalue weighted by Gasteiger charge is -2.13. The first-order valence-corrected chi connectivity index (χ1v) is 10.5. The molecule has 0 aliphatic heterocycles. The van der Waals surface area contributed by atoms with E-state index in [2.05, 4.69) is 10.3 Å². The lowest BCUT2D eigenvalue weighted by molar-refractivity contribution is -0.115. The van der Waals surface area contributed by atoms with Gasteiger partial charge in [-0.15, -0.1) is 0 Å². The number of aromatic nitrogens is 2. The van der Waals surface area contributed by atoms with Gasteiger partial charge in [0, 0.05) is 12.2 Å². The largest absolute Gasteiger partial charge is 0.462 e. The Kier molecular flexibility index (Phi) is 6.59. The Labute approximate surface area is 174 Å². The second kappa shape index (κ2) is 9.13. The Morgan fingerprint density at radius 2 is 2.00 bits per heavy atom. The summed E-state index contributed by atoms with van der Waals surface area (Å²) in [6, 6.07) is 13.1. The maximum absolute atomic E-state index is 12.6. The number of anilines is 1. The minimum absolute atomic E-state index is 0.0810. The molecule has 1 aromatic heterocycles. The predicted octanol–water partition coefficient (Wildman–Crippen LogP) is 4.66. The molecule has 2 aromatic carbocycles. The number of aryl methyl sites for hydroxylation is 2. The van der Waals surface area contributed by atoms with Gasteiger partial charge in [-0.25, -0.2) is 9.78 Å². The number of carbonyl (C=O) groups excluding carboxylic acids is 2. The van der Waals surface area contributed by atoms with Crippen LogP contribution in [-0.4, -0.2) is 33.3 Å². The number of nitrogens with one attached hydrogen (secondary N) is 1. The van der Waals surface area contributed by atoms with Crippen LogP contribution in [0.4, 0.5) is 5.69 Å². The first-order valence-electron chi connectivity index (χ1n) is 9.64. The van der Waals surface area contributed by atoms with Gasteiger partial charge in [0.05, 0.1) is 28.5 Å². The first-order chi connectivity index (χ1) is 13.9. The molecule has 1 atom stereocenters. The van der Waals surface area contributed by atoms with Gasteiger partial charge in [-0.05, 0) is 63.6 Å². The van der Waals surface area contributed by atoms with E-state index < -0.39 is 0 Å². The van der Waals surface area contributed by atoms with Crippen LogP contribution in [0, 0.1) is 6.92 Å². The molecular weight excluding hydrogens is 386 g/mol. The van der Waals surface area contributed by atoms with Gasteiger partial charge < -0.3 is 14.6 Å². The molecule has 0 aliphatic carbocycles. The Bertz CT molecular complexity index is 1040. The molecule has 3 aromatic rings. The zero-order valence-corrected chi connectivity index (χ0v) is 17.9. The second-order valence-electron chi connectivity index (χ2n) is 6.68. The molecule has 0 aliphatic rings. The number of carbonyl (C=O) groups is 2. The van der Waals surface area contributed by atoms with Gasteiger partial charge in [0.15, 0.2) is 5.16 Å². The topological polar surface area (TPSA) is 73.2 Å². The van der Waals surface area contributed by atoms with Gasteiger partial charge in [-0.2, -0.15) is 0 Å². The standard InChI is InChI=1S/C22H25N3O3S/c1-5-25-19-11-10-16(21(27)28-6-2)13-18(19)24-22(25)29-15(4)20(26)23-17-9-7-8-14(3)12-17/h7-13,15H,5-6H2,1-4H3,(H,23,26)/t15-/m1/s1. The van der Waals surface area contributed by atoms with Crippen molar-refractivity contribution in [2.45, 2.75) is 44.6 Å². The maximum atomic E-state index is 12.6. The number of thioether (sulfide) groups is 1. The molecule has 0 fully saturated rings. The Hall–Kier alpha value is -2.80. The third-order valence-corrected chi connectivity index (χ3v) is 5.57. The normalized spacial score (nSPS) is 12.0. The van der Waals surface area contributed by atoms with Crippen molar-refractivity contribution in [3.63, 3.8) is 0 Å². The summed E-state index contributed by atoms with van der Waals surface area (Å²) < 4.78 is 7.12. The van der Waals surface area contributed by atoms with Gasteiger partial charge in [-0.3, -0.25) is 4.79 Å². The summed E-state index contributed by atoms with van der Waals surface area (Å²) in [4.78, 5) is 29.3. The van der Waals surface area contributed by atoms with E-state index in [0.29, 0.717) is 24.2 Å². The summed E-state index contributed by atoms with van der Waals surface area (Å²) >= 11 is 1.40. The number of nitrogens with zero attached hydrogens (tertiary/aromatic N) is 2. The van der Waals surface area contributed by atoms with Crippen LogP contribution in [0.15, 0.2) is 47.6 Å². The summed E-state index contributed by atoms with van der Waals surface area (Å²) in [6.45, 7) is 8.70. The van der Waals surface area contributed by atoms with E-state index in [1.54, 1.807) is 19.1 Å². The molecule has 0 unspecified atom stereocenters. The summed E-state index contributed by atoms with van der Waals surface area (Å²) in [5, 5.41) is 3.37. The van der Waals surface area contributed by atoms with Crippen LogP contribution in [0.2, 0.25) is 0 Å². The zero-order valence-electron chi connectivity index (χ0n) is 17.1. The lowest BCUT2D eigenvalue weighted by Crippen LogP contribution is -2.22. The van der Waals surface area contributed by atoms with Crippen molar-refractivity contribution >= 4 is 40.4 Å². The fraction of sp³-hybridized carbons (Fsp3) is 0.318. The quantitative estimate of drug-likeness (QED) is 0.452. The van der Waals surface area contributed by atoms with Crippen molar-refractivity contribution in [1.29, 1.82) is 0 Å². The van der Waals surface area contributed by atoms with Crippen LogP contribution in [-0.2, 0) is 16.1 Å². The van der Waals surface area contributed by atoms with Crippen LogP contribution in [0.25, 0.3) is 11.0 Å². The number of hydrogen-bond acceptors (Lipinski definition) is 5. The smallest absolute Gasteiger partial charge is 0.338 e. The van der Waals surface area contributed by atoms with Crippen molar-refractivity contribution in [2.75, 3.05) is 11.9 Å². The molecule has 0 saturated heterocycles. The van der Waals surface area contributed by atoms with Gasteiger partial charge in [-0.1, -0.05) is 23.9 Å². The highest BCUT2D eigenvalue weighted by Crippen LogP contribution is 2.28. The average molecular weight is 412 g/mol. The minimum atomic E-state index is -0.361. The molecule has 0 bridgehead atoms. The highest BCUT2D eigenvalue weighted by atomic mass is 32.2. The number of fused-ring (bicyclic) bond motifs is 1. The molecule has 0 radical (unpaired) electrons. The molecule has 6 nitrogen and oxygen atoms in total. The average Bonchev–Trinajstić information content (AvgIpc) is 3.04. The number of ether oxygens (including phenoxy) is 1. The number of hydrogen-bond donors (Lipinski definition) is 1. The van der Waals surface area contributed by atoms with E-state index in [9.17, 15) is 9.59 Å². The van der Waals surface area contributed by atoms with Crippen molar-refractivity contribution in [2.24, 2.45) is 0 Å². The molecular formula is C22H25N3O3S. The fourth-order valence-electron chi connectivity index (χ4n) is 3.02. The molecule has 0 spiro atoms. The first kappa shape index (κ1) is 20.9. The van der Waals surface area contributed by atoms with Crippen molar-refractivity contribution < 1.29 is 14.3 Å². The van der Waals surface area contributed by atoms with Crippen molar-refractivity contribution in [1.82, 2.24) is 9.55 Å². The van der Waals surface area contributed by atoms with Crippen LogP contribution in [0.5, 0.6) is 0 Å². The Morgan fingerprint density at radius 1 is 1.21 bits per heavy atom. The molecule has 1 amide bonds. The number of esters is 1. The zero-order chi connectivity index (χ0) is 21.0. The van der Waals surface area contributed by atoms with E-state index in [1.807, 2.05) is 55.7 Å². The second-order valence-corrected chi connectivity index (χ2v) is 7.99. The molecule has 152 valence electrons. The van der Waals surface area contributed by atoms with Crippen LogP contribution < -0.4 is 5.32 Å². The molecule has 1 heterocycles. The summed E-state index contributed by atoms with van der Waals surface area (Å²) in [5.74, 6) is -0.442. The van der Waals surface area contributed by atoms with Crippen LogP contribution in [0.3, 0.4) is 0 Å². The van der Waals surface area contributed by atoms with E-state index in [4.69, 9.17) is 4.74 Å². The fourth-order valence-corrected chi connectivity index (χ4v) is 4.01. The number of rotatable bonds is 7. The monoisotopic (exact) mass is 411 g/mol. The van der Waals surface area contributed by atoms with Crippen LogP contribution >= 0.6 is 11.8 Å². The molecule has 3 rings (SSSR count). The van der Waals surface area contributed by atoms with Crippen LogP contribution in [0.1, 0.15) is 36.7 Å². The molecule has 7 heteroatoms. The third-order valence-electron chi connectivity index (χ3n) is 4.48. The predicted molar refractivity (Wildman–Crippen MR) is 116 cm³/mol. The highest BCUT2D eigenvalue weighted by molar-refractivity contribution is 8.00. The number of amides is 1. The Morgan fingerprint density at radius 3 is 2.69 bits per heavy atom. The third kappa shape index (κ3) is 4.79. The highest BCUT2D eigenvalue weighted by Gasteiger charge is 2.20. The van der Waals surface area contributed by atoms with E-state index in [-0.39, 0.29) is 17.1 Å². The molecule has 0 saturated carbocycles. The van der Waals surface area contributed by atoms with Gasteiger partial charge in [0.25, 0.3) is 0 Å². The summed E-state index contributed by atoms with van der Waals surface area (Å²) in [5.41, 5.74) is 3.99. The molecule has 29 heavy (non-hydrogen) atoms.